The van der Waals surface area contributed by atoms with E-state index in [2.05, 4.69) is 16.4 Å². The monoisotopic (exact) mass is 406 g/mol. The number of nitrogens with two attached hydrogens (primary N) is 1. The Morgan fingerprint density at radius 1 is 1.27 bits per heavy atom. The number of carbonyl (C=O) groups excluding carboxylic acids is 1. The number of aromatic nitrogens is 1. The van der Waals surface area contributed by atoms with Gasteiger partial charge in [0.25, 0.3) is 5.91 Å². The number of carbonyl (C=O) groups is 1. The number of nitriles is 1. The molecule has 2 aromatic rings. The van der Waals surface area contributed by atoms with Crippen LogP contribution in [0.5, 0.6) is 5.75 Å². The highest BCUT2D eigenvalue weighted by molar-refractivity contribution is 5.78. The lowest BCUT2D eigenvalue weighted by molar-refractivity contribution is -0.123. The van der Waals surface area contributed by atoms with E-state index < -0.39 is 0 Å². The molecule has 1 saturated heterocycles. The summed E-state index contributed by atoms with van der Waals surface area (Å²) < 4.78 is 11.1. The Hall–Kier alpha value is -3.11. The number of nitrogens with zero attached hydrogens (tertiary/aromatic N) is 2. The molecule has 0 radical (unpaired) electrons. The molecule has 2 aliphatic rings. The third-order valence-electron chi connectivity index (χ3n) is 5.79. The number of hydrogen-bond acceptors (Lipinski definition) is 6. The van der Waals surface area contributed by atoms with Crippen LogP contribution in [0, 0.1) is 11.3 Å². The Kier molecular flexibility index (Phi) is 6.15. The Labute approximate surface area is 176 Å². The molecule has 1 aromatic heterocycles. The Morgan fingerprint density at radius 2 is 2.07 bits per heavy atom. The number of hydrogen-bond donors (Lipinski definition) is 2. The molecule has 2 fully saturated rings. The first-order chi connectivity index (χ1) is 14.6. The molecular formula is C23H26N4O3. The van der Waals surface area contributed by atoms with Crippen molar-refractivity contribution in [3.05, 3.63) is 41.6 Å². The number of benzene rings is 1. The molecule has 0 spiro atoms. The fourth-order valence-corrected chi connectivity index (χ4v) is 3.81. The lowest BCUT2D eigenvalue weighted by atomic mass is 9.81. The van der Waals surface area contributed by atoms with Gasteiger partial charge in [-0.25, -0.2) is 4.98 Å². The number of rotatable bonds is 7. The molecule has 2 heterocycles. The molecule has 7 heteroatoms. The lowest BCUT2D eigenvalue weighted by Crippen LogP contribution is -2.35. The predicted molar refractivity (Wildman–Crippen MR) is 113 cm³/mol. The van der Waals surface area contributed by atoms with E-state index in [1.165, 1.54) is 6.42 Å². The predicted octanol–water partition coefficient (Wildman–Crippen LogP) is 3.14. The SMILES string of the molecule is N#Cc1c(-c2ccc(OCC(=O)NCC3CCCO3)cc2)cc(C2CCC2)nc1N. The molecule has 1 unspecified atom stereocenters. The van der Waals surface area contributed by atoms with Gasteiger partial charge < -0.3 is 20.5 Å². The van der Waals surface area contributed by atoms with Crippen LogP contribution in [0.25, 0.3) is 11.1 Å². The van der Waals surface area contributed by atoms with Gasteiger partial charge in [-0.05, 0) is 49.4 Å². The van der Waals surface area contributed by atoms with Crippen LogP contribution in [-0.4, -0.2) is 36.8 Å². The minimum atomic E-state index is -0.173. The number of anilines is 1. The van der Waals surface area contributed by atoms with Crippen molar-refractivity contribution >= 4 is 11.7 Å². The topological polar surface area (TPSA) is 110 Å². The van der Waals surface area contributed by atoms with Crippen LogP contribution >= 0.6 is 0 Å². The van der Waals surface area contributed by atoms with Gasteiger partial charge in [0.05, 0.1) is 6.10 Å². The van der Waals surface area contributed by atoms with Crippen LogP contribution in [0.2, 0.25) is 0 Å². The van der Waals surface area contributed by atoms with Crippen LogP contribution in [0.4, 0.5) is 5.82 Å². The minimum Gasteiger partial charge on any atom is -0.484 e. The van der Waals surface area contributed by atoms with E-state index in [-0.39, 0.29) is 24.4 Å². The first-order valence-electron chi connectivity index (χ1n) is 10.5. The van der Waals surface area contributed by atoms with Crippen molar-refractivity contribution in [2.45, 2.75) is 44.1 Å². The highest BCUT2D eigenvalue weighted by Gasteiger charge is 2.23. The molecule has 1 aliphatic heterocycles. The molecule has 7 nitrogen and oxygen atoms in total. The molecule has 1 saturated carbocycles. The van der Waals surface area contributed by atoms with Gasteiger partial charge in [0.2, 0.25) is 0 Å². The molecule has 156 valence electrons. The molecular weight excluding hydrogens is 380 g/mol. The summed E-state index contributed by atoms with van der Waals surface area (Å²) in [5, 5.41) is 12.4. The van der Waals surface area contributed by atoms with E-state index in [4.69, 9.17) is 15.2 Å². The first-order valence-corrected chi connectivity index (χ1v) is 10.5. The van der Waals surface area contributed by atoms with Crippen molar-refractivity contribution in [3.8, 4) is 22.9 Å². The van der Waals surface area contributed by atoms with Gasteiger partial charge in [0.15, 0.2) is 6.61 Å². The summed E-state index contributed by atoms with van der Waals surface area (Å²) in [5.41, 5.74) is 9.06. The van der Waals surface area contributed by atoms with E-state index in [1.807, 2.05) is 18.2 Å². The summed E-state index contributed by atoms with van der Waals surface area (Å²) in [5.74, 6) is 1.12. The third kappa shape index (κ3) is 4.55. The second-order valence-electron chi connectivity index (χ2n) is 7.85. The molecule has 3 N–H and O–H groups in total. The van der Waals surface area contributed by atoms with E-state index in [0.717, 1.165) is 49.1 Å². The summed E-state index contributed by atoms with van der Waals surface area (Å²) in [6, 6.07) is 11.5. The Morgan fingerprint density at radius 3 is 2.70 bits per heavy atom. The fraction of sp³-hybridized carbons (Fsp3) is 0.435. The average molecular weight is 406 g/mol. The van der Waals surface area contributed by atoms with Gasteiger partial charge in [-0.3, -0.25) is 4.79 Å². The second kappa shape index (κ2) is 9.14. The third-order valence-corrected chi connectivity index (χ3v) is 5.79. The zero-order chi connectivity index (χ0) is 20.9. The van der Waals surface area contributed by atoms with Gasteiger partial charge in [-0.15, -0.1) is 0 Å². The zero-order valence-electron chi connectivity index (χ0n) is 16.9. The molecule has 1 aromatic carbocycles. The molecule has 1 aliphatic carbocycles. The van der Waals surface area contributed by atoms with E-state index in [0.29, 0.717) is 23.8 Å². The quantitative estimate of drug-likeness (QED) is 0.731. The van der Waals surface area contributed by atoms with Crippen LogP contribution in [0.3, 0.4) is 0 Å². The summed E-state index contributed by atoms with van der Waals surface area (Å²) in [7, 11) is 0. The normalized spacial score (nSPS) is 18.4. The number of amides is 1. The molecule has 1 amide bonds. The lowest BCUT2D eigenvalue weighted by Gasteiger charge is -2.25. The van der Waals surface area contributed by atoms with Crippen LogP contribution in [0.15, 0.2) is 30.3 Å². The Balaban J connectivity index is 1.40. The van der Waals surface area contributed by atoms with Gasteiger partial charge in [0.1, 0.15) is 23.2 Å². The largest absolute Gasteiger partial charge is 0.484 e. The van der Waals surface area contributed by atoms with Crippen molar-refractivity contribution in [3.63, 3.8) is 0 Å². The Bertz CT molecular complexity index is 942. The number of pyridine rings is 1. The highest BCUT2D eigenvalue weighted by Crippen LogP contribution is 2.38. The molecule has 0 bridgehead atoms. The number of nitrogen functional groups attached to an aromatic ring is 1. The smallest absolute Gasteiger partial charge is 0.258 e. The van der Waals surface area contributed by atoms with Crippen molar-refractivity contribution in [2.24, 2.45) is 0 Å². The molecule has 4 rings (SSSR count). The number of ether oxygens (including phenoxy) is 2. The van der Waals surface area contributed by atoms with Crippen molar-refractivity contribution in [1.29, 1.82) is 5.26 Å². The van der Waals surface area contributed by atoms with Gasteiger partial charge in [-0.2, -0.15) is 5.26 Å². The summed E-state index contributed by atoms with van der Waals surface area (Å²) in [6.45, 7) is 1.23. The summed E-state index contributed by atoms with van der Waals surface area (Å²) in [6.07, 6.45) is 5.56. The maximum atomic E-state index is 12.0. The average Bonchev–Trinajstić information content (AvgIpc) is 3.23. The number of nitrogens with one attached hydrogen (secondary N) is 1. The van der Waals surface area contributed by atoms with Crippen molar-refractivity contribution in [2.75, 3.05) is 25.5 Å². The summed E-state index contributed by atoms with van der Waals surface area (Å²) >= 11 is 0. The summed E-state index contributed by atoms with van der Waals surface area (Å²) in [4.78, 5) is 16.4. The second-order valence-corrected chi connectivity index (χ2v) is 7.85. The van der Waals surface area contributed by atoms with E-state index in [1.54, 1.807) is 12.1 Å². The molecule has 1 atom stereocenters. The van der Waals surface area contributed by atoms with E-state index >= 15 is 0 Å². The van der Waals surface area contributed by atoms with Crippen LogP contribution in [0.1, 0.15) is 49.3 Å². The van der Waals surface area contributed by atoms with Crippen LogP contribution in [-0.2, 0) is 9.53 Å². The minimum absolute atomic E-state index is 0.0520. The zero-order valence-corrected chi connectivity index (χ0v) is 16.9. The fourth-order valence-electron chi connectivity index (χ4n) is 3.81. The van der Waals surface area contributed by atoms with Crippen LogP contribution < -0.4 is 15.8 Å². The van der Waals surface area contributed by atoms with Crippen molar-refractivity contribution in [1.82, 2.24) is 10.3 Å². The van der Waals surface area contributed by atoms with Crippen molar-refractivity contribution < 1.29 is 14.3 Å². The maximum absolute atomic E-state index is 12.0. The van der Waals surface area contributed by atoms with Gasteiger partial charge in [0, 0.05) is 30.3 Å². The van der Waals surface area contributed by atoms with Gasteiger partial charge in [-0.1, -0.05) is 18.6 Å². The first kappa shape index (κ1) is 20.2. The standard InChI is InChI=1S/C23H26N4O3/c24-12-20-19(11-21(27-23(20)25)16-3-1-4-16)15-6-8-17(9-7-15)30-14-22(28)26-13-18-5-2-10-29-18/h6-9,11,16,18H,1-5,10,13-14H2,(H2,25,27)(H,26,28). The van der Waals surface area contributed by atoms with E-state index in [9.17, 15) is 10.1 Å². The molecule has 30 heavy (non-hydrogen) atoms. The van der Waals surface area contributed by atoms with Gasteiger partial charge >= 0.3 is 0 Å². The maximum Gasteiger partial charge on any atom is 0.258 e. The highest BCUT2D eigenvalue weighted by atomic mass is 16.5.